The van der Waals surface area contributed by atoms with Gasteiger partial charge in [-0.2, -0.15) is 0 Å². The summed E-state index contributed by atoms with van der Waals surface area (Å²) < 4.78 is 5.59. The predicted octanol–water partition coefficient (Wildman–Crippen LogP) is 3.63. The summed E-state index contributed by atoms with van der Waals surface area (Å²) in [6, 6.07) is 15.3. The summed E-state index contributed by atoms with van der Waals surface area (Å²) in [5, 5.41) is 0. The third-order valence-electron chi connectivity index (χ3n) is 5.23. The minimum Gasteiger partial charge on any atom is -0.482 e. The number of amides is 2. The standard InChI is InChI=1S/C22H24N2O3/c25-21-16-27-20-11-10-18(22(26)23-12-6-1-2-7-13-23)14-19(20)24(21)15-17-8-4-3-5-9-17/h3-5,8-11,14H,1-2,6-7,12-13,15-16H2. The van der Waals surface area contributed by atoms with Gasteiger partial charge in [0.2, 0.25) is 0 Å². The van der Waals surface area contributed by atoms with E-state index in [4.69, 9.17) is 4.74 Å². The van der Waals surface area contributed by atoms with Gasteiger partial charge in [0.1, 0.15) is 5.75 Å². The zero-order chi connectivity index (χ0) is 18.6. The van der Waals surface area contributed by atoms with E-state index >= 15 is 0 Å². The van der Waals surface area contributed by atoms with Crippen molar-refractivity contribution in [2.24, 2.45) is 0 Å². The summed E-state index contributed by atoms with van der Waals surface area (Å²) in [6.07, 6.45) is 4.47. The smallest absolute Gasteiger partial charge is 0.265 e. The molecule has 0 atom stereocenters. The van der Waals surface area contributed by atoms with Crippen molar-refractivity contribution < 1.29 is 14.3 Å². The number of fused-ring (bicyclic) bond motifs is 1. The predicted molar refractivity (Wildman–Crippen MR) is 104 cm³/mol. The van der Waals surface area contributed by atoms with Crippen LogP contribution in [-0.2, 0) is 11.3 Å². The van der Waals surface area contributed by atoms with Crippen LogP contribution in [0.1, 0.15) is 41.6 Å². The first-order valence-corrected chi connectivity index (χ1v) is 9.63. The molecule has 2 aliphatic rings. The van der Waals surface area contributed by atoms with Gasteiger partial charge < -0.3 is 14.5 Å². The molecule has 0 bridgehead atoms. The van der Waals surface area contributed by atoms with E-state index < -0.39 is 0 Å². The molecular weight excluding hydrogens is 340 g/mol. The van der Waals surface area contributed by atoms with E-state index in [0.717, 1.165) is 31.5 Å². The summed E-state index contributed by atoms with van der Waals surface area (Å²) in [5.41, 5.74) is 2.34. The van der Waals surface area contributed by atoms with Crippen LogP contribution in [0.15, 0.2) is 48.5 Å². The minimum absolute atomic E-state index is 0.0270. The van der Waals surface area contributed by atoms with Gasteiger partial charge in [-0.05, 0) is 36.6 Å². The van der Waals surface area contributed by atoms with Crippen LogP contribution < -0.4 is 9.64 Å². The van der Waals surface area contributed by atoms with Crippen molar-refractivity contribution in [3.63, 3.8) is 0 Å². The SMILES string of the molecule is O=C(c1ccc2c(c1)N(Cc1ccccc1)C(=O)CO2)N1CCCCCC1. The minimum atomic E-state index is -0.0919. The van der Waals surface area contributed by atoms with Crippen molar-refractivity contribution in [2.45, 2.75) is 32.2 Å². The van der Waals surface area contributed by atoms with Crippen molar-refractivity contribution in [2.75, 3.05) is 24.6 Å². The number of carbonyl (C=O) groups is 2. The number of rotatable bonds is 3. The number of nitrogens with zero attached hydrogens (tertiary/aromatic N) is 2. The monoisotopic (exact) mass is 364 g/mol. The Balaban J connectivity index is 1.62. The van der Waals surface area contributed by atoms with Gasteiger partial charge in [0.05, 0.1) is 12.2 Å². The first kappa shape index (κ1) is 17.6. The Bertz CT molecular complexity index is 827. The zero-order valence-electron chi connectivity index (χ0n) is 15.4. The number of benzene rings is 2. The van der Waals surface area contributed by atoms with E-state index in [0.29, 0.717) is 23.5 Å². The summed E-state index contributed by atoms with van der Waals surface area (Å²) >= 11 is 0. The third kappa shape index (κ3) is 3.82. The molecule has 0 aromatic heterocycles. The van der Waals surface area contributed by atoms with Gasteiger partial charge in [-0.3, -0.25) is 9.59 Å². The first-order chi connectivity index (χ1) is 13.2. The lowest BCUT2D eigenvalue weighted by Crippen LogP contribution is -2.38. The number of likely N-dealkylation sites (tertiary alicyclic amines) is 1. The summed E-state index contributed by atoms with van der Waals surface area (Å²) in [7, 11) is 0. The summed E-state index contributed by atoms with van der Waals surface area (Å²) in [4.78, 5) is 29.1. The van der Waals surface area contributed by atoms with E-state index in [2.05, 4.69) is 0 Å². The molecule has 2 aromatic carbocycles. The van der Waals surface area contributed by atoms with Crippen LogP contribution in [0.25, 0.3) is 0 Å². The number of carbonyl (C=O) groups excluding carboxylic acids is 2. The van der Waals surface area contributed by atoms with E-state index in [1.54, 1.807) is 4.90 Å². The lowest BCUT2D eigenvalue weighted by molar-refractivity contribution is -0.121. The molecule has 5 heteroatoms. The molecule has 27 heavy (non-hydrogen) atoms. The average Bonchev–Trinajstić information content (AvgIpc) is 2.99. The Morgan fingerprint density at radius 1 is 0.963 bits per heavy atom. The van der Waals surface area contributed by atoms with Crippen molar-refractivity contribution in [3.05, 3.63) is 59.7 Å². The summed E-state index contributed by atoms with van der Waals surface area (Å²) in [5.74, 6) is 0.598. The second-order valence-electron chi connectivity index (χ2n) is 7.14. The lowest BCUT2D eigenvalue weighted by atomic mass is 10.1. The molecule has 0 radical (unpaired) electrons. The molecule has 1 saturated heterocycles. The zero-order valence-corrected chi connectivity index (χ0v) is 15.4. The molecule has 0 saturated carbocycles. The van der Waals surface area contributed by atoms with Gasteiger partial charge in [0.25, 0.3) is 11.8 Å². The maximum atomic E-state index is 13.0. The fraction of sp³-hybridized carbons (Fsp3) is 0.364. The van der Waals surface area contributed by atoms with Crippen LogP contribution in [0.4, 0.5) is 5.69 Å². The molecule has 0 unspecified atom stereocenters. The Morgan fingerprint density at radius 3 is 2.44 bits per heavy atom. The molecule has 0 spiro atoms. The van der Waals surface area contributed by atoms with Gasteiger partial charge in [-0.15, -0.1) is 0 Å². The third-order valence-corrected chi connectivity index (χ3v) is 5.23. The topological polar surface area (TPSA) is 49.9 Å². The molecule has 5 nitrogen and oxygen atoms in total. The normalized spacial score (nSPS) is 17.1. The molecule has 1 fully saturated rings. The van der Waals surface area contributed by atoms with Crippen molar-refractivity contribution in [3.8, 4) is 5.75 Å². The fourth-order valence-corrected chi connectivity index (χ4v) is 3.73. The van der Waals surface area contributed by atoms with E-state index in [9.17, 15) is 9.59 Å². The highest BCUT2D eigenvalue weighted by Gasteiger charge is 2.27. The van der Waals surface area contributed by atoms with E-state index in [1.165, 1.54) is 12.8 Å². The second-order valence-corrected chi connectivity index (χ2v) is 7.14. The summed E-state index contributed by atoms with van der Waals surface area (Å²) in [6.45, 7) is 2.11. The number of hydrogen-bond donors (Lipinski definition) is 0. The lowest BCUT2D eigenvalue weighted by Gasteiger charge is -2.30. The van der Waals surface area contributed by atoms with Crippen LogP contribution in [-0.4, -0.2) is 36.4 Å². The van der Waals surface area contributed by atoms with Crippen molar-refractivity contribution >= 4 is 17.5 Å². The first-order valence-electron chi connectivity index (χ1n) is 9.63. The number of ether oxygens (including phenoxy) is 1. The molecule has 4 rings (SSSR count). The van der Waals surface area contributed by atoms with E-state index in [1.807, 2.05) is 53.4 Å². The molecule has 140 valence electrons. The fourth-order valence-electron chi connectivity index (χ4n) is 3.73. The maximum absolute atomic E-state index is 13.0. The second kappa shape index (κ2) is 7.82. The molecule has 0 aliphatic carbocycles. The van der Waals surface area contributed by atoms with Gasteiger partial charge >= 0.3 is 0 Å². The van der Waals surface area contributed by atoms with Gasteiger partial charge in [0.15, 0.2) is 6.61 Å². The molecule has 2 heterocycles. The quantitative estimate of drug-likeness (QED) is 0.836. The highest BCUT2D eigenvalue weighted by atomic mass is 16.5. The molecule has 2 amide bonds. The van der Waals surface area contributed by atoms with Crippen LogP contribution in [0.5, 0.6) is 5.75 Å². The van der Waals surface area contributed by atoms with Gasteiger partial charge in [-0.25, -0.2) is 0 Å². The van der Waals surface area contributed by atoms with Crippen molar-refractivity contribution in [1.82, 2.24) is 4.90 Å². The Morgan fingerprint density at radius 2 is 1.70 bits per heavy atom. The van der Waals surface area contributed by atoms with E-state index in [-0.39, 0.29) is 18.4 Å². The van der Waals surface area contributed by atoms with Crippen molar-refractivity contribution in [1.29, 1.82) is 0 Å². The van der Waals surface area contributed by atoms with Crippen LogP contribution in [0.3, 0.4) is 0 Å². The Labute approximate surface area is 159 Å². The molecule has 2 aromatic rings. The molecule has 0 N–H and O–H groups in total. The van der Waals surface area contributed by atoms with Crippen LogP contribution in [0.2, 0.25) is 0 Å². The highest BCUT2D eigenvalue weighted by Crippen LogP contribution is 2.34. The number of hydrogen-bond acceptors (Lipinski definition) is 3. The molecule has 2 aliphatic heterocycles. The largest absolute Gasteiger partial charge is 0.482 e. The van der Waals surface area contributed by atoms with Gasteiger partial charge in [-0.1, -0.05) is 43.2 Å². The number of anilines is 1. The van der Waals surface area contributed by atoms with Gasteiger partial charge in [0, 0.05) is 18.7 Å². The Hall–Kier alpha value is -2.82. The van der Waals surface area contributed by atoms with Crippen LogP contribution in [0, 0.1) is 0 Å². The van der Waals surface area contributed by atoms with Crippen LogP contribution >= 0.6 is 0 Å². The molecular formula is C22H24N2O3. The maximum Gasteiger partial charge on any atom is 0.265 e. The average molecular weight is 364 g/mol. The Kier molecular flexibility index (Phi) is 5.10. The highest BCUT2D eigenvalue weighted by molar-refractivity contribution is 6.01.